The van der Waals surface area contributed by atoms with Crippen LogP contribution in [-0.2, 0) is 11.3 Å². The van der Waals surface area contributed by atoms with E-state index in [1.807, 2.05) is 25.1 Å². The van der Waals surface area contributed by atoms with Crippen LogP contribution in [0.3, 0.4) is 0 Å². The highest BCUT2D eigenvalue weighted by Gasteiger charge is 2.19. The predicted octanol–water partition coefficient (Wildman–Crippen LogP) is 4.05. The molecule has 0 aliphatic heterocycles. The summed E-state index contributed by atoms with van der Waals surface area (Å²) in [6, 6.07) is 9.59. The molecule has 1 heterocycles. The lowest BCUT2D eigenvalue weighted by atomic mass is 10.1. The molecule has 23 heavy (non-hydrogen) atoms. The third kappa shape index (κ3) is 4.43. The highest BCUT2D eigenvalue weighted by atomic mass is 35.5. The van der Waals surface area contributed by atoms with Gasteiger partial charge in [0.25, 0.3) is 0 Å². The number of hydrogen-bond acceptors (Lipinski definition) is 4. The zero-order valence-electron chi connectivity index (χ0n) is 12.9. The van der Waals surface area contributed by atoms with Crippen molar-refractivity contribution in [2.75, 3.05) is 13.7 Å². The van der Waals surface area contributed by atoms with Crippen LogP contribution in [0.2, 0.25) is 10.0 Å². The zero-order chi connectivity index (χ0) is 16.8. The molecule has 0 radical (unpaired) electrons. The Labute approximate surface area is 146 Å². The van der Waals surface area contributed by atoms with E-state index < -0.39 is 0 Å². The van der Waals surface area contributed by atoms with Gasteiger partial charge in [-0.15, -0.1) is 0 Å². The second-order valence-corrected chi connectivity index (χ2v) is 5.87. The van der Waals surface area contributed by atoms with Gasteiger partial charge in [-0.1, -0.05) is 35.3 Å². The van der Waals surface area contributed by atoms with Crippen LogP contribution in [0.5, 0.6) is 0 Å². The molecule has 0 saturated carbocycles. The summed E-state index contributed by atoms with van der Waals surface area (Å²) in [5, 5.41) is 13.2. The molecule has 0 amide bonds. The van der Waals surface area contributed by atoms with Gasteiger partial charge >= 0.3 is 0 Å². The number of methoxy groups -OCH3 is 1. The smallest absolute Gasteiger partial charge is 0.0991 e. The van der Waals surface area contributed by atoms with Crippen molar-refractivity contribution in [2.24, 2.45) is 0 Å². The fourth-order valence-electron chi connectivity index (χ4n) is 2.28. The lowest BCUT2D eigenvalue weighted by molar-refractivity contribution is 0.102. The zero-order valence-corrected chi connectivity index (χ0v) is 14.4. The van der Waals surface area contributed by atoms with Crippen LogP contribution < -0.4 is 5.32 Å². The van der Waals surface area contributed by atoms with Crippen LogP contribution in [0.1, 0.15) is 28.5 Å². The molecular weight excluding hydrogens is 333 g/mol. The molecule has 0 spiro atoms. The Morgan fingerprint density at radius 3 is 2.87 bits per heavy atom. The molecule has 1 aromatic heterocycles. The highest BCUT2D eigenvalue weighted by molar-refractivity contribution is 6.36. The summed E-state index contributed by atoms with van der Waals surface area (Å²) < 4.78 is 5.52. The van der Waals surface area contributed by atoms with Crippen molar-refractivity contribution in [3.63, 3.8) is 0 Å². The molecule has 6 heteroatoms. The Hall–Kier alpha value is -1.64. The van der Waals surface area contributed by atoms with Crippen molar-refractivity contribution in [1.82, 2.24) is 10.3 Å². The Morgan fingerprint density at radius 1 is 1.39 bits per heavy atom. The Kier molecular flexibility index (Phi) is 6.37. The summed E-state index contributed by atoms with van der Waals surface area (Å²) in [6.45, 7) is 2.99. The van der Waals surface area contributed by atoms with Crippen molar-refractivity contribution in [3.05, 3.63) is 62.9 Å². The van der Waals surface area contributed by atoms with E-state index >= 15 is 0 Å². The van der Waals surface area contributed by atoms with E-state index in [4.69, 9.17) is 33.2 Å². The summed E-state index contributed by atoms with van der Waals surface area (Å²) >= 11 is 12.5. The molecule has 1 unspecified atom stereocenters. The fourth-order valence-corrected chi connectivity index (χ4v) is 2.86. The van der Waals surface area contributed by atoms with Gasteiger partial charge in [0, 0.05) is 32.0 Å². The number of halogens is 2. The summed E-state index contributed by atoms with van der Waals surface area (Å²) in [5.74, 6) is 0. The molecule has 2 aromatic rings. The number of nitrogens with zero attached hydrogens (tertiary/aromatic N) is 2. The summed E-state index contributed by atoms with van der Waals surface area (Å²) in [7, 11) is 1.62. The molecule has 4 nitrogen and oxygen atoms in total. The van der Waals surface area contributed by atoms with Gasteiger partial charge in [0.2, 0.25) is 0 Å². The number of hydrogen-bond donors (Lipinski definition) is 1. The van der Waals surface area contributed by atoms with Gasteiger partial charge in [-0.05, 0) is 24.6 Å². The van der Waals surface area contributed by atoms with Crippen molar-refractivity contribution in [2.45, 2.75) is 19.6 Å². The van der Waals surface area contributed by atoms with E-state index in [1.165, 1.54) is 0 Å². The largest absolute Gasteiger partial charge is 0.375 e. The van der Waals surface area contributed by atoms with Crippen LogP contribution in [0.15, 0.2) is 30.5 Å². The van der Waals surface area contributed by atoms with Gasteiger partial charge in [-0.25, -0.2) is 0 Å². The van der Waals surface area contributed by atoms with Crippen LogP contribution in [0, 0.1) is 18.3 Å². The summed E-state index contributed by atoms with van der Waals surface area (Å²) in [5.41, 5.74) is 3.13. The van der Waals surface area contributed by atoms with Crippen molar-refractivity contribution in [3.8, 4) is 6.07 Å². The molecule has 2 rings (SSSR count). The molecule has 0 saturated heterocycles. The first-order valence-electron chi connectivity index (χ1n) is 7.09. The van der Waals surface area contributed by atoms with E-state index in [9.17, 15) is 0 Å². The van der Waals surface area contributed by atoms with E-state index in [0.29, 0.717) is 28.7 Å². The van der Waals surface area contributed by atoms with Crippen LogP contribution >= 0.6 is 23.2 Å². The Bertz CT molecular complexity index is 728. The van der Waals surface area contributed by atoms with E-state index in [2.05, 4.69) is 16.4 Å². The highest BCUT2D eigenvalue weighted by Crippen LogP contribution is 2.32. The monoisotopic (exact) mass is 349 g/mol. The van der Waals surface area contributed by atoms with Crippen LogP contribution in [-0.4, -0.2) is 18.6 Å². The number of nitriles is 1. The molecule has 1 atom stereocenters. The molecule has 1 N–H and O–H groups in total. The minimum atomic E-state index is -0.282. The Morgan fingerprint density at radius 2 is 2.17 bits per heavy atom. The van der Waals surface area contributed by atoms with E-state index in [0.717, 1.165) is 16.8 Å². The van der Waals surface area contributed by atoms with Gasteiger partial charge < -0.3 is 10.1 Å². The fraction of sp³-hybridized carbons (Fsp3) is 0.294. The molecular formula is C17H17Cl2N3O. The van der Waals surface area contributed by atoms with Gasteiger partial charge in [0.05, 0.1) is 33.5 Å². The summed E-state index contributed by atoms with van der Waals surface area (Å²) in [6.07, 6.45) is 1.30. The lowest BCUT2D eigenvalue weighted by Crippen LogP contribution is -2.23. The van der Waals surface area contributed by atoms with Crippen molar-refractivity contribution >= 4 is 23.2 Å². The van der Waals surface area contributed by atoms with E-state index in [-0.39, 0.29) is 6.10 Å². The number of benzene rings is 1. The second kappa shape index (κ2) is 8.28. The van der Waals surface area contributed by atoms with Gasteiger partial charge in [0.1, 0.15) is 0 Å². The third-order valence-electron chi connectivity index (χ3n) is 3.50. The molecule has 0 aliphatic rings. The van der Waals surface area contributed by atoms with Gasteiger partial charge in [0.15, 0.2) is 0 Å². The minimum Gasteiger partial charge on any atom is -0.375 e. The minimum absolute atomic E-state index is 0.282. The summed E-state index contributed by atoms with van der Waals surface area (Å²) in [4.78, 5) is 4.13. The van der Waals surface area contributed by atoms with Gasteiger partial charge in [-0.3, -0.25) is 4.98 Å². The first kappa shape index (κ1) is 17.7. The Balaban J connectivity index is 2.06. The standard InChI is InChI=1S/C17H17Cl2N3O/c1-11-17(19)16(14(18)9-22-11)15(23-2)10-21-8-13-5-3-4-12(6-13)7-20/h3-6,9,15,21H,8,10H2,1-2H3. The number of aromatic nitrogens is 1. The number of pyridine rings is 1. The molecule has 0 aliphatic carbocycles. The van der Waals surface area contributed by atoms with Crippen molar-refractivity contribution < 1.29 is 4.74 Å². The topological polar surface area (TPSA) is 57.9 Å². The second-order valence-electron chi connectivity index (χ2n) is 5.09. The van der Waals surface area contributed by atoms with Crippen LogP contribution in [0.4, 0.5) is 0 Å². The van der Waals surface area contributed by atoms with Gasteiger partial charge in [-0.2, -0.15) is 5.26 Å². The number of aryl methyl sites for hydroxylation is 1. The average Bonchev–Trinajstić information content (AvgIpc) is 2.57. The maximum absolute atomic E-state index is 8.92. The molecule has 0 bridgehead atoms. The molecule has 120 valence electrons. The normalized spacial score (nSPS) is 12.0. The quantitative estimate of drug-likeness (QED) is 0.854. The SMILES string of the molecule is COC(CNCc1cccc(C#N)c1)c1c(Cl)cnc(C)c1Cl. The first-order chi connectivity index (χ1) is 11.1. The number of rotatable bonds is 6. The third-order valence-corrected chi connectivity index (χ3v) is 4.28. The maximum Gasteiger partial charge on any atom is 0.0991 e. The number of ether oxygens (including phenoxy) is 1. The first-order valence-corrected chi connectivity index (χ1v) is 7.85. The average molecular weight is 350 g/mol. The van der Waals surface area contributed by atoms with Crippen molar-refractivity contribution in [1.29, 1.82) is 5.26 Å². The molecule has 0 fully saturated rings. The van der Waals surface area contributed by atoms with Crippen LogP contribution in [0.25, 0.3) is 0 Å². The van der Waals surface area contributed by atoms with E-state index in [1.54, 1.807) is 19.4 Å². The predicted molar refractivity (Wildman–Crippen MR) is 91.6 cm³/mol. The lowest BCUT2D eigenvalue weighted by Gasteiger charge is -2.20. The number of nitrogens with one attached hydrogen (secondary N) is 1. The molecule has 1 aromatic carbocycles. The maximum atomic E-state index is 8.92.